The van der Waals surface area contributed by atoms with Gasteiger partial charge in [-0.15, -0.1) is 0 Å². The minimum absolute atomic E-state index is 0.268. The van der Waals surface area contributed by atoms with Crippen LogP contribution in [0.1, 0.15) is 110 Å². The average Bonchev–Trinajstić information content (AvgIpc) is 2.70. The number of hydrogen-bond donors (Lipinski definition) is 3. The Bertz CT molecular complexity index is 446. The highest BCUT2D eigenvalue weighted by Crippen LogP contribution is 2.15. The zero-order valence-electron chi connectivity index (χ0n) is 18.3. The maximum absolute atomic E-state index is 10.1. The molecule has 0 saturated carbocycles. The van der Waals surface area contributed by atoms with Gasteiger partial charge in [-0.05, 0) is 30.7 Å². The van der Waals surface area contributed by atoms with Crippen molar-refractivity contribution in [1.82, 2.24) is 0 Å². The number of rotatable bonds is 19. The van der Waals surface area contributed by atoms with Gasteiger partial charge in [0.1, 0.15) is 5.75 Å². The highest BCUT2D eigenvalue weighted by atomic mass is 16.3. The smallest absolute Gasteiger partial charge is 0.115 e. The van der Waals surface area contributed by atoms with Crippen LogP contribution >= 0.6 is 0 Å². The van der Waals surface area contributed by atoms with Crippen LogP contribution in [-0.2, 0) is 0 Å². The van der Waals surface area contributed by atoms with Crippen molar-refractivity contribution in [1.29, 1.82) is 0 Å². The van der Waals surface area contributed by atoms with Crippen molar-refractivity contribution in [2.45, 2.75) is 116 Å². The van der Waals surface area contributed by atoms with Crippen LogP contribution in [0.15, 0.2) is 24.3 Å². The number of hydrogen-bond acceptors (Lipinski definition) is 3. The van der Waals surface area contributed by atoms with Gasteiger partial charge >= 0.3 is 0 Å². The Morgan fingerprint density at radius 1 is 0.679 bits per heavy atom. The predicted molar refractivity (Wildman–Crippen MR) is 122 cm³/mol. The Morgan fingerprint density at radius 2 is 1.11 bits per heavy atom. The number of aliphatic hydroxyl groups excluding tert-OH is 1. The SMILES string of the molecule is CCCCCCCCCCCCCCCCCC(O)CNc1ccc(O)cc1. The molecule has 1 rings (SSSR count). The number of anilines is 1. The standard InChI is InChI=1S/C25H45NO2/c1-2-3-4-5-6-7-8-9-10-11-12-13-14-15-16-17-25(28)22-26-23-18-20-24(27)21-19-23/h18-21,25-28H,2-17,22H2,1H3. The first kappa shape index (κ1) is 24.8. The first-order chi connectivity index (χ1) is 13.7. The number of benzene rings is 1. The van der Waals surface area contributed by atoms with Crippen LogP contribution < -0.4 is 5.32 Å². The second kappa shape index (κ2) is 17.8. The van der Waals surface area contributed by atoms with Crippen LogP contribution in [0.25, 0.3) is 0 Å². The summed E-state index contributed by atoms with van der Waals surface area (Å²) >= 11 is 0. The lowest BCUT2D eigenvalue weighted by atomic mass is 10.0. The summed E-state index contributed by atoms with van der Waals surface area (Å²) in [4.78, 5) is 0. The van der Waals surface area contributed by atoms with E-state index in [1.54, 1.807) is 12.1 Å². The van der Waals surface area contributed by atoms with Crippen molar-refractivity contribution in [3.05, 3.63) is 24.3 Å². The monoisotopic (exact) mass is 391 g/mol. The summed E-state index contributed by atoms with van der Waals surface area (Å²) in [5.41, 5.74) is 0.938. The van der Waals surface area contributed by atoms with E-state index in [1.165, 1.54) is 89.9 Å². The van der Waals surface area contributed by atoms with Gasteiger partial charge in [0.05, 0.1) is 6.10 Å². The highest BCUT2D eigenvalue weighted by Gasteiger charge is 2.04. The van der Waals surface area contributed by atoms with E-state index in [1.807, 2.05) is 12.1 Å². The van der Waals surface area contributed by atoms with Crippen molar-refractivity contribution in [2.75, 3.05) is 11.9 Å². The topological polar surface area (TPSA) is 52.5 Å². The summed E-state index contributed by atoms with van der Waals surface area (Å²) in [6.45, 7) is 2.85. The molecule has 0 aliphatic heterocycles. The van der Waals surface area contributed by atoms with Crippen molar-refractivity contribution in [2.24, 2.45) is 0 Å². The number of unbranched alkanes of at least 4 members (excludes halogenated alkanes) is 14. The Hall–Kier alpha value is -1.22. The van der Waals surface area contributed by atoms with E-state index in [4.69, 9.17) is 0 Å². The van der Waals surface area contributed by atoms with Gasteiger partial charge in [0, 0.05) is 12.2 Å². The van der Waals surface area contributed by atoms with Crippen LogP contribution in [0.4, 0.5) is 5.69 Å². The van der Waals surface area contributed by atoms with Gasteiger partial charge in [-0.3, -0.25) is 0 Å². The Kier molecular flexibility index (Phi) is 15.8. The molecule has 3 N–H and O–H groups in total. The van der Waals surface area contributed by atoms with E-state index in [9.17, 15) is 10.2 Å². The zero-order valence-corrected chi connectivity index (χ0v) is 18.3. The molecule has 0 saturated heterocycles. The minimum atomic E-state index is -0.296. The Morgan fingerprint density at radius 3 is 1.57 bits per heavy atom. The molecule has 1 unspecified atom stereocenters. The Labute approximate surface area is 174 Å². The van der Waals surface area contributed by atoms with Crippen molar-refractivity contribution >= 4 is 5.69 Å². The first-order valence-corrected chi connectivity index (χ1v) is 11.9. The van der Waals surface area contributed by atoms with Gasteiger partial charge in [-0.2, -0.15) is 0 Å². The lowest BCUT2D eigenvalue weighted by Crippen LogP contribution is -2.19. The van der Waals surface area contributed by atoms with E-state index in [2.05, 4.69) is 12.2 Å². The fraction of sp³-hybridized carbons (Fsp3) is 0.760. The van der Waals surface area contributed by atoms with Gasteiger partial charge in [0.25, 0.3) is 0 Å². The molecule has 3 nitrogen and oxygen atoms in total. The summed E-state index contributed by atoms with van der Waals surface area (Å²) in [5.74, 6) is 0.268. The lowest BCUT2D eigenvalue weighted by Gasteiger charge is -2.12. The number of phenolic OH excluding ortho intramolecular Hbond substituents is 1. The van der Waals surface area contributed by atoms with E-state index in [-0.39, 0.29) is 11.9 Å². The van der Waals surface area contributed by atoms with Gasteiger partial charge in [0.2, 0.25) is 0 Å². The number of nitrogens with one attached hydrogen (secondary N) is 1. The summed E-state index contributed by atoms with van der Waals surface area (Å²) in [6.07, 6.45) is 21.1. The van der Waals surface area contributed by atoms with Crippen LogP contribution in [0.3, 0.4) is 0 Å². The van der Waals surface area contributed by atoms with Crippen LogP contribution in [0, 0.1) is 0 Å². The first-order valence-electron chi connectivity index (χ1n) is 11.9. The summed E-state index contributed by atoms with van der Waals surface area (Å²) in [7, 11) is 0. The van der Waals surface area contributed by atoms with Gasteiger partial charge in [-0.1, -0.05) is 103 Å². The number of aliphatic hydroxyl groups is 1. The second-order valence-corrected chi connectivity index (χ2v) is 8.32. The molecule has 28 heavy (non-hydrogen) atoms. The summed E-state index contributed by atoms with van der Waals surface area (Å²) < 4.78 is 0. The third-order valence-electron chi connectivity index (χ3n) is 5.55. The normalized spacial score (nSPS) is 12.2. The molecule has 0 amide bonds. The quantitative estimate of drug-likeness (QED) is 0.170. The molecule has 0 aromatic heterocycles. The maximum atomic E-state index is 10.1. The summed E-state index contributed by atoms with van der Waals surface area (Å²) in [5, 5.41) is 22.5. The number of aromatic hydroxyl groups is 1. The molecule has 1 aromatic carbocycles. The molecule has 0 fully saturated rings. The number of phenols is 1. The molecule has 0 aliphatic carbocycles. The fourth-order valence-electron chi connectivity index (χ4n) is 3.67. The molecule has 0 radical (unpaired) electrons. The second-order valence-electron chi connectivity index (χ2n) is 8.32. The molecular formula is C25H45NO2. The third kappa shape index (κ3) is 14.8. The van der Waals surface area contributed by atoms with E-state index in [0.29, 0.717) is 6.54 Å². The van der Waals surface area contributed by atoms with Crippen molar-refractivity contribution < 1.29 is 10.2 Å². The fourth-order valence-corrected chi connectivity index (χ4v) is 3.67. The molecular weight excluding hydrogens is 346 g/mol. The molecule has 162 valence electrons. The van der Waals surface area contributed by atoms with Crippen LogP contribution in [-0.4, -0.2) is 22.9 Å². The Balaban J connectivity index is 1.79. The molecule has 0 spiro atoms. The zero-order chi connectivity index (χ0) is 20.3. The molecule has 3 heteroatoms. The molecule has 0 aliphatic rings. The average molecular weight is 392 g/mol. The summed E-state index contributed by atoms with van der Waals surface area (Å²) in [6, 6.07) is 6.97. The minimum Gasteiger partial charge on any atom is -0.508 e. The van der Waals surface area contributed by atoms with Gasteiger partial charge in [-0.25, -0.2) is 0 Å². The van der Waals surface area contributed by atoms with Crippen molar-refractivity contribution in [3.63, 3.8) is 0 Å². The molecule has 1 atom stereocenters. The largest absolute Gasteiger partial charge is 0.508 e. The van der Waals surface area contributed by atoms with E-state index in [0.717, 1.165) is 18.5 Å². The van der Waals surface area contributed by atoms with Gasteiger partial charge < -0.3 is 15.5 Å². The van der Waals surface area contributed by atoms with Gasteiger partial charge in [0.15, 0.2) is 0 Å². The predicted octanol–water partition coefficient (Wildman–Crippen LogP) is 7.43. The third-order valence-corrected chi connectivity index (χ3v) is 5.55. The highest BCUT2D eigenvalue weighted by molar-refractivity contribution is 5.45. The van der Waals surface area contributed by atoms with Crippen molar-refractivity contribution in [3.8, 4) is 5.75 Å². The maximum Gasteiger partial charge on any atom is 0.115 e. The van der Waals surface area contributed by atoms with E-state index < -0.39 is 0 Å². The van der Waals surface area contributed by atoms with Crippen LogP contribution in [0.5, 0.6) is 5.75 Å². The molecule has 0 bridgehead atoms. The lowest BCUT2D eigenvalue weighted by molar-refractivity contribution is 0.173. The molecule has 0 heterocycles. The molecule has 1 aromatic rings. The van der Waals surface area contributed by atoms with Crippen LogP contribution in [0.2, 0.25) is 0 Å². The van der Waals surface area contributed by atoms with E-state index >= 15 is 0 Å².